The Labute approximate surface area is 75.2 Å². The molecule has 1 aromatic rings. The average molecular weight is 215 g/mol. The Bertz CT molecular complexity index is 245. The van der Waals surface area contributed by atoms with E-state index in [1.807, 2.05) is 19.1 Å². The number of alkyl halides is 1. The van der Waals surface area contributed by atoms with E-state index in [9.17, 15) is 0 Å². The molecule has 0 aromatic heterocycles. The van der Waals surface area contributed by atoms with Crippen molar-refractivity contribution in [3.63, 3.8) is 0 Å². The van der Waals surface area contributed by atoms with Crippen LogP contribution in [-0.4, -0.2) is 5.11 Å². The quantitative estimate of drug-likeness (QED) is 0.751. The van der Waals surface area contributed by atoms with Crippen LogP contribution in [0.25, 0.3) is 0 Å². The van der Waals surface area contributed by atoms with Crippen molar-refractivity contribution in [3.8, 4) is 0 Å². The highest BCUT2D eigenvalue weighted by atomic mass is 79.9. The third-order valence-corrected chi connectivity index (χ3v) is 2.28. The summed E-state index contributed by atoms with van der Waals surface area (Å²) in [6.45, 7) is 2.18. The van der Waals surface area contributed by atoms with Gasteiger partial charge in [0, 0.05) is 5.33 Å². The van der Waals surface area contributed by atoms with Gasteiger partial charge in [-0.1, -0.05) is 39.7 Å². The van der Waals surface area contributed by atoms with Gasteiger partial charge in [-0.2, -0.15) is 0 Å². The van der Waals surface area contributed by atoms with E-state index in [4.69, 9.17) is 5.11 Å². The average Bonchev–Trinajstić information content (AvgIpc) is 2.04. The summed E-state index contributed by atoms with van der Waals surface area (Å²) in [6.07, 6.45) is 0. The van der Waals surface area contributed by atoms with Gasteiger partial charge in [-0.25, -0.2) is 0 Å². The largest absolute Gasteiger partial charge is 0.392 e. The Morgan fingerprint density at radius 3 is 2.64 bits per heavy atom. The van der Waals surface area contributed by atoms with E-state index in [2.05, 4.69) is 22.0 Å². The molecule has 0 aliphatic carbocycles. The molecule has 0 aliphatic rings. The zero-order chi connectivity index (χ0) is 8.27. The van der Waals surface area contributed by atoms with Gasteiger partial charge in [0.05, 0.1) is 6.61 Å². The number of aryl methyl sites for hydroxylation is 1. The zero-order valence-corrected chi connectivity index (χ0v) is 8.06. The molecule has 2 heteroatoms. The van der Waals surface area contributed by atoms with Crippen LogP contribution in [-0.2, 0) is 11.9 Å². The molecular weight excluding hydrogens is 204 g/mol. The van der Waals surface area contributed by atoms with Crippen molar-refractivity contribution in [2.45, 2.75) is 18.9 Å². The van der Waals surface area contributed by atoms with Crippen molar-refractivity contribution in [3.05, 3.63) is 34.9 Å². The summed E-state index contributed by atoms with van der Waals surface area (Å²) in [4.78, 5) is 0. The minimum Gasteiger partial charge on any atom is -0.392 e. The molecule has 0 saturated carbocycles. The Kier molecular flexibility index (Phi) is 3.09. The van der Waals surface area contributed by atoms with Crippen LogP contribution in [0.5, 0.6) is 0 Å². The molecule has 0 spiro atoms. The predicted molar refractivity (Wildman–Crippen MR) is 49.7 cm³/mol. The van der Waals surface area contributed by atoms with Crippen molar-refractivity contribution >= 4 is 15.9 Å². The summed E-state index contributed by atoms with van der Waals surface area (Å²) in [5.41, 5.74) is 3.41. The van der Waals surface area contributed by atoms with E-state index < -0.39 is 0 Å². The monoisotopic (exact) mass is 214 g/mol. The van der Waals surface area contributed by atoms with Crippen molar-refractivity contribution in [1.82, 2.24) is 0 Å². The minimum absolute atomic E-state index is 0.126. The molecule has 1 nitrogen and oxygen atoms in total. The number of benzene rings is 1. The van der Waals surface area contributed by atoms with E-state index in [1.54, 1.807) is 0 Å². The zero-order valence-electron chi connectivity index (χ0n) is 6.47. The van der Waals surface area contributed by atoms with Gasteiger partial charge in [0.15, 0.2) is 0 Å². The molecule has 0 atom stereocenters. The fraction of sp³-hybridized carbons (Fsp3) is 0.333. The van der Waals surface area contributed by atoms with E-state index in [-0.39, 0.29) is 6.61 Å². The van der Waals surface area contributed by atoms with Crippen molar-refractivity contribution in [2.75, 3.05) is 0 Å². The first-order valence-electron chi connectivity index (χ1n) is 3.53. The van der Waals surface area contributed by atoms with Gasteiger partial charge in [-0.3, -0.25) is 0 Å². The molecule has 0 amide bonds. The minimum atomic E-state index is 0.126. The van der Waals surface area contributed by atoms with Crippen LogP contribution in [0.15, 0.2) is 18.2 Å². The lowest BCUT2D eigenvalue weighted by Crippen LogP contribution is -1.91. The van der Waals surface area contributed by atoms with Crippen LogP contribution >= 0.6 is 15.9 Å². The summed E-state index contributed by atoms with van der Waals surface area (Å²) >= 11 is 3.37. The highest BCUT2D eigenvalue weighted by Crippen LogP contribution is 2.14. The second-order valence-corrected chi connectivity index (χ2v) is 3.12. The Balaban J connectivity index is 3.06. The van der Waals surface area contributed by atoms with E-state index >= 15 is 0 Å². The van der Waals surface area contributed by atoms with Gasteiger partial charge >= 0.3 is 0 Å². The Hall–Kier alpha value is -0.340. The first-order chi connectivity index (χ1) is 5.27. The molecule has 0 heterocycles. The number of rotatable bonds is 2. The number of halogens is 1. The molecule has 60 valence electrons. The van der Waals surface area contributed by atoms with Crippen LogP contribution in [0.1, 0.15) is 16.7 Å². The summed E-state index contributed by atoms with van der Waals surface area (Å²) in [5, 5.41) is 9.73. The fourth-order valence-electron chi connectivity index (χ4n) is 1.03. The maximum absolute atomic E-state index is 8.92. The standard InChI is InChI=1S/C9H11BrO/c1-7-2-3-8(6-11)9(4-7)5-10/h2-4,11H,5-6H2,1H3. The highest BCUT2D eigenvalue weighted by molar-refractivity contribution is 9.08. The SMILES string of the molecule is Cc1ccc(CO)c(CBr)c1. The Morgan fingerprint density at radius 1 is 1.36 bits per heavy atom. The number of hydrogen-bond acceptors (Lipinski definition) is 1. The lowest BCUT2D eigenvalue weighted by atomic mass is 10.1. The van der Waals surface area contributed by atoms with Crippen LogP contribution < -0.4 is 0 Å². The lowest BCUT2D eigenvalue weighted by Gasteiger charge is -2.04. The smallest absolute Gasteiger partial charge is 0.0684 e. The molecule has 0 aliphatic heterocycles. The van der Waals surface area contributed by atoms with Crippen LogP contribution in [0, 0.1) is 6.92 Å². The van der Waals surface area contributed by atoms with Crippen LogP contribution in [0.4, 0.5) is 0 Å². The van der Waals surface area contributed by atoms with E-state index in [0.717, 1.165) is 10.9 Å². The summed E-state index contributed by atoms with van der Waals surface area (Å²) < 4.78 is 0. The Morgan fingerprint density at radius 2 is 2.09 bits per heavy atom. The number of aliphatic hydroxyl groups is 1. The van der Waals surface area contributed by atoms with Gasteiger partial charge in [0.1, 0.15) is 0 Å². The van der Waals surface area contributed by atoms with E-state index in [0.29, 0.717) is 0 Å². The van der Waals surface area contributed by atoms with Gasteiger partial charge in [0.2, 0.25) is 0 Å². The van der Waals surface area contributed by atoms with Gasteiger partial charge in [0.25, 0.3) is 0 Å². The maximum atomic E-state index is 8.92. The molecule has 1 aromatic carbocycles. The first kappa shape index (κ1) is 8.75. The lowest BCUT2D eigenvalue weighted by molar-refractivity contribution is 0.281. The molecule has 0 bridgehead atoms. The van der Waals surface area contributed by atoms with Gasteiger partial charge in [-0.05, 0) is 18.1 Å². The van der Waals surface area contributed by atoms with Gasteiger partial charge in [-0.15, -0.1) is 0 Å². The maximum Gasteiger partial charge on any atom is 0.0684 e. The molecule has 11 heavy (non-hydrogen) atoms. The molecule has 0 fully saturated rings. The second-order valence-electron chi connectivity index (χ2n) is 2.56. The molecule has 1 rings (SSSR count). The third-order valence-electron chi connectivity index (χ3n) is 1.68. The summed E-state index contributed by atoms with van der Waals surface area (Å²) in [5.74, 6) is 0. The molecule has 1 N–H and O–H groups in total. The summed E-state index contributed by atoms with van der Waals surface area (Å²) in [7, 11) is 0. The van der Waals surface area contributed by atoms with Crippen molar-refractivity contribution < 1.29 is 5.11 Å². The molecule has 0 unspecified atom stereocenters. The molecule has 0 radical (unpaired) electrons. The number of hydrogen-bond donors (Lipinski definition) is 1. The topological polar surface area (TPSA) is 20.2 Å². The van der Waals surface area contributed by atoms with E-state index in [1.165, 1.54) is 11.1 Å². The normalized spacial score (nSPS) is 10.1. The molecule has 0 saturated heterocycles. The van der Waals surface area contributed by atoms with Crippen LogP contribution in [0.2, 0.25) is 0 Å². The van der Waals surface area contributed by atoms with Gasteiger partial charge < -0.3 is 5.11 Å². The first-order valence-corrected chi connectivity index (χ1v) is 4.65. The fourth-order valence-corrected chi connectivity index (χ4v) is 1.56. The second kappa shape index (κ2) is 3.88. The van der Waals surface area contributed by atoms with Crippen molar-refractivity contribution in [2.24, 2.45) is 0 Å². The summed E-state index contributed by atoms with van der Waals surface area (Å²) in [6, 6.07) is 6.06. The molecular formula is C9H11BrO. The van der Waals surface area contributed by atoms with Crippen molar-refractivity contribution in [1.29, 1.82) is 0 Å². The number of aliphatic hydroxyl groups excluding tert-OH is 1. The predicted octanol–water partition coefficient (Wildman–Crippen LogP) is 2.38. The highest BCUT2D eigenvalue weighted by Gasteiger charge is 1.98. The van der Waals surface area contributed by atoms with Crippen LogP contribution in [0.3, 0.4) is 0 Å². The third kappa shape index (κ3) is 2.04.